The minimum Gasteiger partial charge on any atom is -0.481 e. The van der Waals surface area contributed by atoms with E-state index in [1.165, 1.54) is 0 Å². The van der Waals surface area contributed by atoms with Crippen LogP contribution in [0.15, 0.2) is 0 Å². The lowest BCUT2D eigenvalue weighted by molar-refractivity contribution is -0.144. The third-order valence-corrected chi connectivity index (χ3v) is 1.88. The lowest BCUT2D eigenvalue weighted by Gasteiger charge is -2.18. The molecule has 0 unspecified atom stereocenters. The van der Waals surface area contributed by atoms with E-state index in [1.807, 2.05) is 0 Å². The van der Waals surface area contributed by atoms with E-state index in [0.717, 1.165) is 6.42 Å². The molecule has 1 aliphatic rings. The van der Waals surface area contributed by atoms with E-state index >= 15 is 0 Å². The van der Waals surface area contributed by atoms with Gasteiger partial charge in [-0.15, -0.1) is 0 Å². The number of amides is 1. The molecule has 1 heterocycles. The van der Waals surface area contributed by atoms with E-state index in [-0.39, 0.29) is 5.91 Å². The highest BCUT2D eigenvalue weighted by Crippen LogP contribution is 2.01. The number of rotatable bonds is 2. The molecule has 74 valence electrons. The van der Waals surface area contributed by atoms with Gasteiger partial charge in [-0.2, -0.15) is 0 Å². The predicted molar refractivity (Wildman–Crippen MR) is 44.3 cm³/mol. The molecule has 0 spiro atoms. The molecule has 5 heteroatoms. The van der Waals surface area contributed by atoms with Gasteiger partial charge in [-0.05, 0) is 6.42 Å². The van der Waals surface area contributed by atoms with Crippen molar-refractivity contribution >= 4 is 11.9 Å². The van der Waals surface area contributed by atoms with E-state index in [2.05, 4.69) is 0 Å². The molecule has 5 nitrogen and oxygen atoms in total. The number of carboxylic acids is 1. The molecule has 0 atom stereocenters. The summed E-state index contributed by atoms with van der Waals surface area (Å²) in [5, 5.41) is 8.41. The minimum atomic E-state index is -1.07. The SMILES string of the molecule is O=C(O)CC(=O)N1CCCOCC1. The third kappa shape index (κ3) is 3.42. The summed E-state index contributed by atoms with van der Waals surface area (Å²) < 4.78 is 5.14. The first kappa shape index (κ1) is 9.98. The molecular formula is C8H13NO4. The molecule has 13 heavy (non-hydrogen) atoms. The summed E-state index contributed by atoms with van der Waals surface area (Å²) in [5.74, 6) is -1.40. The van der Waals surface area contributed by atoms with Crippen LogP contribution in [0.5, 0.6) is 0 Å². The standard InChI is InChI=1S/C8H13NO4/c10-7(6-8(11)12)9-2-1-4-13-5-3-9/h1-6H2,(H,11,12). The second-order valence-electron chi connectivity index (χ2n) is 2.92. The van der Waals surface area contributed by atoms with Gasteiger partial charge in [-0.25, -0.2) is 0 Å². The first-order chi connectivity index (χ1) is 6.20. The number of nitrogens with zero attached hydrogens (tertiary/aromatic N) is 1. The smallest absolute Gasteiger partial charge is 0.312 e. The van der Waals surface area contributed by atoms with Crippen LogP contribution in [0.1, 0.15) is 12.8 Å². The molecule has 1 fully saturated rings. The Morgan fingerprint density at radius 2 is 2.08 bits per heavy atom. The second kappa shape index (κ2) is 4.81. The summed E-state index contributed by atoms with van der Waals surface area (Å²) in [7, 11) is 0. The molecule has 1 rings (SSSR count). The Bertz CT molecular complexity index is 196. The molecule has 0 saturated carbocycles. The fraction of sp³-hybridized carbons (Fsp3) is 0.750. The second-order valence-corrected chi connectivity index (χ2v) is 2.92. The monoisotopic (exact) mass is 187 g/mol. The fourth-order valence-electron chi connectivity index (χ4n) is 1.24. The van der Waals surface area contributed by atoms with Gasteiger partial charge in [0, 0.05) is 19.7 Å². The van der Waals surface area contributed by atoms with Crippen LogP contribution in [0.25, 0.3) is 0 Å². The molecular weight excluding hydrogens is 174 g/mol. The highest BCUT2D eigenvalue weighted by Gasteiger charge is 2.17. The van der Waals surface area contributed by atoms with Crippen molar-refractivity contribution in [3.05, 3.63) is 0 Å². The zero-order valence-corrected chi connectivity index (χ0v) is 7.36. The molecule has 0 bridgehead atoms. The van der Waals surface area contributed by atoms with Gasteiger partial charge in [0.05, 0.1) is 6.61 Å². The van der Waals surface area contributed by atoms with Gasteiger partial charge in [-0.1, -0.05) is 0 Å². The van der Waals surface area contributed by atoms with Crippen LogP contribution in [-0.2, 0) is 14.3 Å². The highest BCUT2D eigenvalue weighted by molar-refractivity contribution is 5.93. The lowest BCUT2D eigenvalue weighted by Crippen LogP contribution is -2.34. The zero-order chi connectivity index (χ0) is 9.68. The number of hydrogen-bond acceptors (Lipinski definition) is 3. The fourth-order valence-corrected chi connectivity index (χ4v) is 1.24. The summed E-state index contributed by atoms with van der Waals surface area (Å²) in [6.07, 6.45) is 0.366. The number of ether oxygens (including phenoxy) is 1. The molecule has 0 aromatic carbocycles. The van der Waals surface area contributed by atoms with Crippen LogP contribution in [0.3, 0.4) is 0 Å². The molecule has 0 aromatic rings. The van der Waals surface area contributed by atoms with Crippen molar-refractivity contribution in [2.24, 2.45) is 0 Å². The lowest BCUT2D eigenvalue weighted by atomic mass is 10.3. The van der Waals surface area contributed by atoms with Crippen LogP contribution in [0.2, 0.25) is 0 Å². The maximum atomic E-state index is 11.3. The number of carboxylic acid groups (broad SMARTS) is 1. The predicted octanol–water partition coefficient (Wildman–Crippen LogP) is -0.290. The van der Waals surface area contributed by atoms with Gasteiger partial charge in [-0.3, -0.25) is 9.59 Å². The summed E-state index contributed by atoms with van der Waals surface area (Å²) in [5.41, 5.74) is 0. The van der Waals surface area contributed by atoms with Crippen molar-refractivity contribution in [1.29, 1.82) is 0 Å². The summed E-state index contributed by atoms with van der Waals surface area (Å²) in [6, 6.07) is 0. The largest absolute Gasteiger partial charge is 0.481 e. The summed E-state index contributed by atoms with van der Waals surface area (Å²) >= 11 is 0. The topological polar surface area (TPSA) is 66.8 Å². The Labute approximate surface area is 76.3 Å². The van der Waals surface area contributed by atoms with Gasteiger partial charge in [0.15, 0.2) is 0 Å². The van der Waals surface area contributed by atoms with Crippen molar-refractivity contribution in [3.63, 3.8) is 0 Å². The first-order valence-corrected chi connectivity index (χ1v) is 4.27. The van der Waals surface area contributed by atoms with Crippen molar-refractivity contribution in [1.82, 2.24) is 4.90 Å². The minimum absolute atomic E-state index is 0.321. The zero-order valence-electron chi connectivity index (χ0n) is 7.36. The van der Waals surface area contributed by atoms with Crippen molar-refractivity contribution < 1.29 is 19.4 Å². The van der Waals surface area contributed by atoms with Gasteiger partial charge in [0.1, 0.15) is 6.42 Å². The number of carbonyl (C=O) groups excluding carboxylic acids is 1. The number of carbonyl (C=O) groups is 2. The van der Waals surface area contributed by atoms with Crippen LogP contribution >= 0.6 is 0 Å². The average Bonchev–Trinajstić information content (AvgIpc) is 2.29. The molecule has 1 aliphatic heterocycles. The van der Waals surface area contributed by atoms with E-state index in [4.69, 9.17) is 9.84 Å². The molecule has 1 N–H and O–H groups in total. The van der Waals surface area contributed by atoms with Gasteiger partial charge in [0.2, 0.25) is 5.91 Å². The molecule has 0 aromatic heterocycles. The van der Waals surface area contributed by atoms with E-state index < -0.39 is 12.4 Å². The molecule has 0 radical (unpaired) electrons. The van der Waals surface area contributed by atoms with Crippen molar-refractivity contribution in [2.75, 3.05) is 26.3 Å². The quantitative estimate of drug-likeness (QED) is 0.603. The Morgan fingerprint density at radius 1 is 1.31 bits per heavy atom. The van der Waals surface area contributed by atoms with Crippen LogP contribution in [0.4, 0.5) is 0 Å². The van der Waals surface area contributed by atoms with Crippen LogP contribution in [-0.4, -0.2) is 48.2 Å². The van der Waals surface area contributed by atoms with Gasteiger partial charge >= 0.3 is 5.97 Å². The Balaban J connectivity index is 2.39. The van der Waals surface area contributed by atoms with Gasteiger partial charge in [0.25, 0.3) is 0 Å². The van der Waals surface area contributed by atoms with Gasteiger partial charge < -0.3 is 14.7 Å². The van der Waals surface area contributed by atoms with E-state index in [1.54, 1.807) is 4.90 Å². The van der Waals surface area contributed by atoms with Crippen LogP contribution < -0.4 is 0 Å². The van der Waals surface area contributed by atoms with Crippen molar-refractivity contribution in [2.45, 2.75) is 12.8 Å². The Morgan fingerprint density at radius 3 is 2.77 bits per heavy atom. The average molecular weight is 187 g/mol. The van der Waals surface area contributed by atoms with E-state index in [9.17, 15) is 9.59 Å². The Hall–Kier alpha value is -1.10. The molecule has 1 amide bonds. The highest BCUT2D eigenvalue weighted by atomic mass is 16.5. The third-order valence-electron chi connectivity index (χ3n) is 1.88. The number of hydrogen-bond donors (Lipinski definition) is 1. The maximum absolute atomic E-state index is 11.3. The maximum Gasteiger partial charge on any atom is 0.312 e. The van der Waals surface area contributed by atoms with Crippen molar-refractivity contribution in [3.8, 4) is 0 Å². The van der Waals surface area contributed by atoms with E-state index in [0.29, 0.717) is 26.3 Å². The number of aliphatic carboxylic acids is 1. The summed E-state index contributed by atoms with van der Waals surface area (Å²) in [4.78, 5) is 23.1. The molecule has 1 saturated heterocycles. The Kier molecular flexibility index (Phi) is 3.70. The normalized spacial score (nSPS) is 18.0. The molecule has 0 aliphatic carbocycles. The first-order valence-electron chi connectivity index (χ1n) is 4.27. The summed E-state index contributed by atoms with van der Waals surface area (Å²) in [6.45, 7) is 2.26. The van der Waals surface area contributed by atoms with Crippen LogP contribution in [0, 0.1) is 0 Å².